The first-order valence-corrected chi connectivity index (χ1v) is 5.24. The van der Waals surface area contributed by atoms with Crippen molar-refractivity contribution in [2.75, 3.05) is 13.1 Å². The molecular weight excluding hydrogens is 221 g/mol. The molecule has 0 aliphatic carbocycles. The molecule has 0 heterocycles. The predicted molar refractivity (Wildman–Crippen MR) is 62.8 cm³/mol. The van der Waals surface area contributed by atoms with E-state index in [-0.39, 0.29) is 12.2 Å². The number of carboxylic acid groups (broad SMARTS) is 1. The minimum atomic E-state index is -0.855. The third-order valence-corrected chi connectivity index (χ3v) is 2.28. The second-order valence-corrected chi connectivity index (χ2v) is 3.68. The van der Waals surface area contributed by atoms with Gasteiger partial charge in [0.2, 0.25) is 0 Å². The molecule has 0 fully saturated rings. The van der Waals surface area contributed by atoms with Crippen molar-refractivity contribution in [3.63, 3.8) is 0 Å². The summed E-state index contributed by atoms with van der Waals surface area (Å²) in [6.07, 6.45) is 5.26. The molecule has 0 spiro atoms. The van der Waals surface area contributed by atoms with Crippen LogP contribution in [0.1, 0.15) is 12.0 Å². The average molecular weight is 235 g/mol. The molecule has 1 aromatic rings. The summed E-state index contributed by atoms with van der Waals surface area (Å²) in [6, 6.07) is 6.08. The number of nitrogens with zero attached hydrogens (tertiary/aromatic N) is 1. The van der Waals surface area contributed by atoms with Gasteiger partial charge >= 0.3 is 5.97 Å². The summed E-state index contributed by atoms with van der Waals surface area (Å²) in [7, 11) is 0. The second kappa shape index (κ2) is 6.66. The van der Waals surface area contributed by atoms with Crippen LogP contribution in [-0.2, 0) is 11.3 Å². The third kappa shape index (κ3) is 5.14. The Balaban J connectivity index is 2.56. The number of rotatable bonds is 6. The fourth-order valence-electron chi connectivity index (χ4n) is 1.44. The van der Waals surface area contributed by atoms with Gasteiger partial charge in [-0.15, -0.1) is 6.42 Å². The van der Waals surface area contributed by atoms with Gasteiger partial charge in [-0.2, -0.15) is 0 Å². The van der Waals surface area contributed by atoms with Gasteiger partial charge in [0, 0.05) is 13.1 Å². The molecule has 0 aliphatic heterocycles. The summed E-state index contributed by atoms with van der Waals surface area (Å²) in [6.45, 7) is 1.29. The normalized spacial score (nSPS) is 10.2. The van der Waals surface area contributed by atoms with E-state index in [2.05, 4.69) is 5.92 Å². The first-order valence-electron chi connectivity index (χ1n) is 5.24. The lowest BCUT2D eigenvalue weighted by molar-refractivity contribution is -0.137. The van der Waals surface area contributed by atoms with E-state index in [4.69, 9.17) is 11.5 Å². The molecule has 0 saturated carbocycles. The zero-order valence-electron chi connectivity index (χ0n) is 9.40. The zero-order chi connectivity index (χ0) is 12.7. The van der Waals surface area contributed by atoms with Crippen LogP contribution in [0.3, 0.4) is 0 Å². The summed E-state index contributed by atoms with van der Waals surface area (Å²) in [5, 5.41) is 8.61. The van der Waals surface area contributed by atoms with Gasteiger partial charge in [-0.05, 0) is 17.7 Å². The fourth-order valence-corrected chi connectivity index (χ4v) is 1.44. The van der Waals surface area contributed by atoms with Crippen LogP contribution in [0.4, 0.5) is 4.39 Å². The smallest absolute Gasteiger partial charge is 0.304 e. The fraction of sp³-hybridized carbons (Fsp3) is 0.308. The lowest BCUT2D eigenvalue weighted by atomic mass is 10.2. The summed E-state index contributed by atoms with van der Waals surface area (Å²) >= 11 is 0. The highest BCUT2D eigenvalue weighted by molar-refractivity contribution is 5.66. The lowest BCUT2D eigenvalue weighted by Crippen LogP contribution is -2.26. The van der Waals surface area contributed by atoms with Gasteiger partial charge in [0.25, 0.3) is 0 Å². The van der Waals surface area contributed by atoms with Crippen LogP contribution in [0.2, 0.25) is 0 Å². The molecule has 0 unspecified atom stereocenters. The first kappa shape index (κ1) is 13.2. The van der Waals surface area contributed by atoms with Crippen LogP contribution >= 0.6 is 0 Å². The molecule has 3 nitrogen and oxygen atoms in total. The van der Waals surface area contributed by atoms with E-state index in [1.165, 1.54) is 12.1 Å². The third-order valence-electron chi connectivity index (χ3n) is 2.28. The van der Waals surface area contributed by atoms with Crippen LogP contribution < -0.4 is 0 Å². The Hall–Kier alpha value is -1.86. The summed E-state index contributed by atoms with van der Waals surface area (Å²) in [4.78, 5) is 12.3. The number of carboxylic acids is 1. The molecule has 0 aliphatic rings. The maximum absolute atomic E-state index is 12.7. The number of benzene rings is 1. The molecule has 1 rings (SSSR count). The van der Waals surface area contributed by atoms with Gasteiger partial charge in [-0.1, -0.05) is 18.1 Å². The van der Waals surface area contributed by atoms with Gasteiger partial charge in [0.15, 0.2) is 0 Å². The highest BCUT2D eigenvalue weighted by Gasteiger charge is 2.07. The molecule has 0 aromatic heterocycles. The topological polar surface area (TPSA) is 40.5 Å². The second-order valence-electron chi connectivity index (χ2n) is 3.68. The number of carbonyl (C=O) groups is 1. The van der Waals surface area contributed by atoms with Crippen LogP contribution in [0.15, 0.2) is 24.3 Å². The highest BCUT2D eigenvalue weighted by Crippen LogP contribution is 2.06. The van der Waals surface area contributed by atoms with E-state index in [1.807, 2.05) is 4.90 Å². The minimum Gasteiger partial charge on any atom is -0.481 e. The van der Waals surface area contributed by atoms with E-state index in [1.54, 1.807) is 12.1 Å². The van der Waals surface area contributed by atoms with Crippen molar-refractivity contribution in [1.82, 2.24) is 4.90 Å². The van der Waals surface area contributed by atoms with Crippen molar-refractivity contribution in [2.24, 2.45) is 0 Å². The Kier molecular flexibility index (Phi) is 5.18. The average Bonchev–Trinajstić information content (AvgIpc) is 2.29. The van der Waals surface area contributed by atoms with Gasteiger partial charge in [0.05, 0.1) is 13.0 Å². The van der Waals surface area contributed by atoms with Crippen LogP contribution in [-0.4, -0.2) is 29.1 Å². The lowest BCUT2D eigenvalue weighted by Gasteiger charge is -2.18. The van der Waals surface area contributed by atoms with Gasteiger partial charge in [0.1, 0.15) is 5.82 Å². The standard InChI is InChI=1S/C13H14FNO2/c1-2-8-15(9-7-13(16)17)10-11-3-5-12(14)6-4-11/h1,3-6H,7-10H2,(H,16,17). The first-order chi connectivity index (χ1) is 8.11. The van der Waals surface area contributed by atoms with Crippen molar-refractivity contribution < 1.29 is 14.3 Å². The van der Waals surface area contributed by atoms with Crippen LogP contribution in [0, 0.1) is 18.2 Å². The highest BCUT2D eigenvalue weighted by atomic mass is 19.1. The maximum Gasteiger partial charge on any atom is 0.304 e. The van der Waals surface area contributed by atoms with Gasteiger partial charge < -0.3 is 5.11 Å². The molecule has 1 aromatic carbocycles. The molecule has 90 valence electrons. The Morgan fingerprint density at radius 3 is 2.59 bits per heavy atom. The van der Waals surface area contributed by atoms with Crippen LogP contribution in [0.5, 0.6) is 0 Å². The molecule has 17 heavy (non-hydrogen) atoms. The van der Waals surface area contributed by atoms with Crippen molar-refractivity contribution in [2.45, 2.75) is 13.0 Å². The number of halogens is 1. The number of terminal acetylenes is 1. The van der Waals surface area contributed by atoms with Crippen LogP contribution in [0.25, 0.3) is 0 Å². The van der Waals surface area contributed by atoms with E-state index >= 15 is 0 Å². The molecule has 0 atom stereocenters. The van der Waals surface area contributed by atoms with E-state index in [9.17, 15) is 9.18 Å². The Morgan fingerprint density at radius 2 is 2.06 bits per heavy atom. The molecular formula is C13H14FNO2. The molecule has 0 radical (unpaired) electrons. The maximum atomic E-state index is 12.7. The van der Waals surface area contributed by atoms with Gasteiger partial charge in [-0.3, -0.25) is 9.69 Å². The Labute approximate surface area is 99.9 Å². The van der Waals surface area contributed by atoms with Gasteiger partial charge in [-0.25, -0.2) is 4.39 Å². The number of hydrogen-bond acceptors (Lipinski definition) is 2. The molecule has 0 bridgehead atoms. The monoisotopic (exact) mass is 235 g/mol. The van der Waals surface area contributed by atoms with E-state index in [0.29, 0.717) is 19.6 Å². The van der Waals surface area contributed by atoms with Crippen molar-refractivity contribution in [3.05, 3.63) is 35.6 Å². The minimum absolute atomic E-state index is 0.0445. The van der Waals surface area contributed by atoms with E-state index < -0.39 is 5.97 Å². The van der Waals surface area contributed by atoms with E-state index in [0.717, 1.165) is 5.56 Å². The van der Waals surface area contributed by atoms with Crippen molar-refractivity contribution in [1.29, 1.82) is 0 Å². The summed E-state index contributed by atoms with van der Waals surface area (Å²) in [5.74, 6) is 1.34. The summed E-state index contributed by atoms with van der Waals surface area (Å²) in [5.41, 5.74) is 0.909. The molecule has 0 amide bonds. The summed E-state index contributed by atoms with van der Waals surface area (Å²) < 4.78 is 12.7. The van der Waals surface area contributed by atoms with Crippen molar-refractivity contribution in [3.8, 4) is 12.3 Å². The number of aliphatic carboxylic acids is 1. The zero-order valence-corrected chi connectivity index (χ0v) is 9.40. The van der Waals surface area contributed by atoms with Crippen molar-refractivity contribution >= 4 is 5.97 Å². The predicted octanol–water partition coefficient (Wildman–Crippen LogP) is 1.74. The Morgan fingerprint density at radius 1 is 1.41 bits per heavy atom. The quantitative estimate of drug-likeness (QED) is 0.763. The molecule has 4 heteroatoms. The largest absolute Gasteiger partial charge is 0.481 e. The molecule has 1 N–H and O–H groups in total. The SMILES string of the molecule is C#CCN(CCC(=O)O)Cc1ccc(F)cc1. The number of hydrogen-bond donors (Lipinski definition) is 1. The Bertz CT molecular complexity index is 408. The molecule has 0 saturated heterocycles.